The molecule has 6 nitrogen and oxygen atoms in total. The van der Waals surface area contributed by atoms with E-state index in [9.17, 15) is 23.2 Å². The Morgan fingerprint density at radius 2 is 1.81 bits per heavy atom. The zero-order valence-electron chi connectivity index (χ0n) is 15.4. The molecule has 148 valence electrons. The van der Waals surface area contributed by atoms with Crippen molar-refractivity contribution in [3.8, 4) is 0 Å². The van der Waals surface area contributed by atoms with Gasteiger partial charge in [-0.15, -0.1) is 0 Å². The summed E-state index contributed by atoms with van der Waals surface area (Å²) >= 11 is 0. The van der Waals surface area contributed by atoms with Crippen LogP contribution in [-0.4, -0.2) is 48.8 Å². The van der Waals surface area contributed by atoms with Crippen LogP contribution in [0.3, 0.4) is 0 Å². The van der Waals surface area contributed by atoms with Crippen molar-refractivity contribution in [2.75, 3.05) is 26.2 Å². The number of carbonyl (C=O) groups excluding carboxylic acids is 3. The minimum atomic E-state index is -0.942. The normalized spacial score (nSPS) is 14.7. The van der Waals surface area contributed by atoms with Gasteiger partial charge in [-0.1, -0.05) is 6.92 Å². The van der Waals surface area contributed by atoms with Gasteiger partial charge in [-0.2, -0.15) is 0 Å². The lowest BCUT2D eigenvalue weighted by Gasteiger charge is -2.31. The van der Waals surface area contributed by atoms with Gasteiger partial charge in [0.1, 0.15) is 11.6 Å². The Morgan fingerprint density at radius 1 is 1.11 bits per heavy atom. The van der Waals surface area contributed by atoms with E-state index in [1.807, 2.05) is 6.92 Å². The molecule has 8 heteroatoms. The van der Waals surface area contributed by atoms with Gasteiger partial charge in [0.05, 0.1) is 5.56 Å². The van der Waals surface area contributed by atoms with Gasteiger partial charge < -0.3 is 15.5 Å². The first-order valence-corrected chi connectivity index (χ1v) is 9.21. The third-order valence-corrected chi connectivity index (χ3v) is 4.57. The highest BCUT2D eigenvalue weighted by Gasteiger charge is 2.26. The Morgan fingerprint density at radius 3 is 2.44 bits per heavy atom. The summed E-state index contributed by atoms with van der Waals surface area (Å²) in [6.07, 6.45) is 2.21. The second kappa shape index (κ2) is 9.99. The number of nitrogens with zero attached hydrogens (tertiary/aromatic N) is 1. The van der Waals surface area contributed by atoms with Gasteiger partial charge in [0.2, 0.25) is 11.8 Å². The fraction of sp³-hybridized carbons (Fsp3) is 0.526. The number of hydrogen-bond donors (Lipinski definition) is 2. The summed E-state index contributed by atoms with van der Waals surface area (Å²) in [4.78, 5) is 37.7. The standard InChI is InChI=1S/C19H25F2N3O3/c1-2-8-22-18(26)13-6-10-24(11-7-13)17(25)5-9-23-19(27)15-4-3-14(20)12-16(15)21/h3-4,12-13H,2,5-11H2,1H3,(H,22,26)(H,23,27). The number of carbonyl (C=O) groups is 3. The highest BCUT2D eigenvalue weighted by atomic mass is 19.1. The third kappa shape index (κ3) is 6.01. The summed E-state index contributed by atoms with van der Waals surface area (Å²) in [6, 6.07) is 2.71. The molecule has 3 amide bonds. The van der Waals surface area contributed by atoms with Crippen LogP contribution in [0.25, 0.3) is 0 Å². The molecule has 1 aliphatic rings. The molecule has 0 atom stereocenters. The SMILES string of the molecule is CCCNC(=O)C1CCN(C(=O)CCNC(=O)c2ccc(F)cc2F)CC1. The molecule has 0 bridgehead atoms. The molecule has 2 N–H and O–H groups in total. The molecular weight excluding hydrogens is 356 g/mol. The Bertz CT molecular complexity index is 689. The fourth-order valence-corrected chi connectivity index (χ4v) is 2.99. The van der Waals surface area contributed by atoms with E-state index in [4.69, 9.17) is 0 Å². The highest BCUT2D eigenvalue weighted by Crippen LogP contribution is 2.18. The van der Waals surface area contributed by atoms with Crippen LogP contribution >= 0.6 is 0 Å². The van der Waals surface area contributed by atoms with Gasteiger partial charge in [0.15, 0.2) is 0 Å². The van der Waals surface area contributed by atoms with Crippen molar-refractivity contribution >= 4 is 17.7 Å². The van der Waals surface area contributed by atoms with Gasteiger partial charge in [0.25, 0.3) is 5.91 Å². The van der Waals surface area contributed by atoms with Crippen molar-refractivity contribution in [2.24, 2.45) is 5.92 Å². The predicted octanol–water partition coefficient (Wildman–Crippen LogP) is 1.85. The second-order valence-corrected chi connectivity index (χ2v) is 6.58. The molecule has 0 spiro atoms. The lowest BCUT2D eigenvalue weighted by molar-refractivity contribution is -0.135. The van der Waals surface area contributed by atoms with Crippen molar-refractivity contribution in [1.82, 2.24) is 15.5 Å². The number of likely N-dealkylation sites (tertiary alicyclic amines) is 1. The molecule has 2 rings (SSSR count). The molecule has 1 aliphatic heterocycles. The molecule has 1 heterocycles. The van der Waals surface area contributed by atoms with E-state index in [0.717, 1.165) is 18.6 Å². The summed E-state index contributed by atoms with van der Waals surface area (Å²) in [7, 11) is 0. The minimum Gasteiger partial charge on any atom is -0.356 e. The van der Waals surface area contributed by atoms with Crippen molar-refractivity contribution < 1.29 is 23.2 Å². The van der Waals surface area contributed by atoms with Crippen LogP contribution in [0.1, 0.15) is 43.0 Å². The largest absolute Gasteiger partial charge is 0.356 e. The predicted molar refractivity (Wildman–Crippen MR) is 95.9 cm³/mol. The fourth-order valence-electron chi connectivity index (χ4n) is 2.99. The molecular formula is C19H25F2N3O3. The first-order chi connectivity index (χ1) is 12.9. The van der Waals surface area contributed by atoms with Crippen molar-refractivity contribution in [1.29, 1.82) is 0 Å². The van der Waals surface area contributed by atoms with E-state index >= 15 is 0 Å². The van der Waals surface area contributed by atoms with E-state index in [0.29, 0.717) is 38.5 Å². The van der Waals surface area contributed by atoms with Gasteiger partial charge >= 0.3 is 0 Å². The van der Waals surface area contributed by atoms with Crippen LogP contribution in [-0.2, 0) is 9.59 Å². The third-order valence-electron chi connectivity index (χ3n) is 4.57. The topological polar surface area (TPSA) is 78.5 Å². The van der Waals surface area contributed by atoms with E-state index in [1.54, 1.807) is 4.90 Å². The monoisotopic (exact) mass is 381 g/mol. The van der Waals surface area contributed by atoms with E-state index < -0.39 is 17.5 Å². The van der Waals surface area contributed by atoms with Crippen molar-refractivity contribution in [2.45, 2.75) is 32.6 Å². The van der Waals surface area contributed by atoms with E-state index in [1.165, 1.54) is 0 Å². The van der Waals surface area contributed by atoms with Crippen LogP contribution in [0.2, 0.25) is 0 Å². The lowest BCUT2D eigenvalue weighted by Crippen LogP contribution is -2.43. The van der Waals surface area contributed by atoms with E-state index in [2.05, 4.69) is 10.6 Å². The molecule has 27 heavy (non-hydrogen) atoms. The summed E-state index contributed by atoms with van der Waals surface area (Å²) in [5, 5.41) is 5.34. The molecule has 0 unspecified atom stereocenters. The van der Waals surface area contributed by atoms with Crippen molar-refractivity contribution in [3.63, 3.8) is 0 Å². The summed E-state index contributed by atoms with van der Waals surface area (Å²) < 4.78 is 26.4. The number of amides is 3. The van der Waals surface area contributed by atoms with E-state index in [-0.39, 0.29) is 36.3 Å². The molecule has 1 saturated heterocycles. The number of hydrogen-bond acceptors (Lipinski definition) is 3. The van der Waals surface area contributed by atoms with Gasteiger partial charge in [0, 0.05) is 44.6 Å². The molecule has 0 aliphatic carbocycles. The second-order valence-electron chi connectivity index (χ2n) is 6.58. The highest BCUT2D eigenvalue weighted by molar-refractivity contribution is 5.94. The van der Waals surface area contributed by atoms with Crippen molar-refractivity contribution in [3.05, 3.63) is 35.4 Å². The average Bonchev–Trinajstić information content (AvgIpc) is 2.66. The summed E-state index contributed by atoms with van der Waals surface area (Å²) in [5.41, 5.74) is -0.261. The Labute approximate surface area is 157 Å². The quantitative estimate of drug-likeness (QED) is 0.757. The maximum absolute atomic E-state index is 13.5. The lowest BCUT2D eigenvalue weighted by atomic mass is 9.95. The maximum Gasteiger partial charge on any atom is 0.254 e. The maximum atomic E-state index is 13.5. The first kappa shape index (κ1) is 20.8. The smallest absolute Gasteiger partial charge is 0.254 e. The number of piperidine rings is 1. The van der Waals surface area contributed by atoms with Crippen LogP contribution < -0.4 is 10.6 Å². The summed E-state index contributed by atoms with van der Waals surface area (Å²) in [5.74, 6) is -2.54. The zero-order valence-corrected chi connectivity index (χ0v) is 15.4. The molecule has 0 radical (unpaired) electrons. The van der Waals surface area contributed by atoms with Crippen LogP contribution in [0.4, 0.5) is 8.78 Å². The number of halogens is 2. The number of nitrogens with one attached hydrogen (secondary N) is 2. The number of benzene rings is 1. The molecule has 0 aromatic heterocycles. The molecule has 1 fully saturated rings. The van der Waals surface area contributed by atoms with Crippen LogP contribution in [0, 0.1) is 17.6 Å². The van der Waals surface area contributed by atoms with Gasteiger partial charge in [-0.25, -0.2) is 8.78 Å². The Balaban J connectivity index is 1.72. The van der Waals surface area contributed by atoms with Crippen LogP contribution in [0.5, 0.6) is 0 Å². The first-order valence-electron chi connectivity index (χ1n) is 9.21. The Kier molecular flexibility index (Phi) is 7.69. The number of rotatable bonds is 7. The van der Waals surface area contributed by atoms with Gasteiger partial charge in [-0.3, -0.25) is 14.4 Å². The summed E-state index contributed by atoms with van der Waals surface area (Å²) in [6.45, 7) is 3.72. The molecule has 0 saturated carbocycles. The molecule has 1 aromatic rings. The molecule has 1 aromatic carbocycles. The van der Waals surface area contributed by atoms with Crippen LogP contribution in [0.15, 0.2) is 18.2 Å². The zero-order chi connectivity index (χ0) is 19.8. The van der Waals surface area contributed by atoms with Gasteiger partial charge in [-0.05, 0) is 31.4 Å². The Hall–Kier alpha value is -2.51. The average molecular weight is 381 g/mol. The minimum absolute atomic E-state index is 0.0394.